The molecule has 1 N–H and O–H groups in total. The van der Waals surface area contributed by atoms with E-state index in [1.165, 1.54) is 25.1 Å². The zero-order valence-corrected chi connectivity index (χ0v) is 11.6. The summed E-state index contributed by atoms with van der Waals surface area (Å²) in [5, 5.41) is 3.22. The Hall–Kier alpha value is -2.23. The van der Waals surface area contributed by atoms with Crippen LogP contribution in [-0.2, 0) is 6.42 Å². The molecule has 1 atom stereocenters. The number of hydrogen-bond acceptors (Lipinski definition) is 2. The van der Waals surface area contributed by atoms with Gasteiger partial charge in [0.05, 0.1) is 11.6 Å². The van der Waals surface area contributed by atoms with Crippen molar-refractivity contribution >= 4 is 11.5 Å². The number of fused-ring (bicyclic) bond motifs is 1. The molecule has 2 nitrogen and oxygen atoms in total. The number of aryl methyl sites for hydroxylation is 1. The van der Waals surface area contributed by atoms with E-state index in [1.54, 1.807) is 18.2 Å². The third-order valence-electron chi connectivity index (χ3n) is 3.88. The Balaban J connectivity index is 1.93. The van der Waals surface area contributed by atoms with Gasteiger partial charge in [-0.15, -0.1) is 0 Å². The third kappa shape index (κ3) is 2.53. The zero-order chi connectivity index (χ0) is 15.0. The van der Waals surface area contributed by atoms with Gasteiger partial charge in [0.25, 0.3) is 0 Å². The fraction of sp³-hybridized carbons (Fsp3) is 0.235. The fourth-order valence-corrected chi connectivity index (χ4v) is 2.93. The summed E-state index contributed by atoms with van der Waals surface area (Å²) in [7, 11) is 0. The van der Waals surface area contributed by atoms with E-state index >= 15 is 0 Å². The van der Waals surface area contributed by atoms with Crippen molar-refractivity contribution in [2.45, 2.75) is 25.8 Å². The van der Waals surface area contributed by atoms with Crippen LogP contribution in [0.1, 0.15) is 40.9 Å². The number of nitrogens with one attached hydrogen (secondary N) is 1. The average Bonchev–Trinajstić information content (AvgIpc) is 2.80. The lowest BCUT2D eigenvalue weighted by Crippen LogP contribution is -2.11. The lowest BCUT2D eigenvalue weighted by molar-refractivity contribution is 0.101. The van der Waals surface area contributed by atoms with Crippen molar-refractivity contribution < 1.29 is 13.6 Å². The molecule has 0 radical (unpaired) electrons. The van der Waals surface area contributed by atoms with Gasteiger partial charge in [0.1, 0.15) is 11.6 Å². The van der Waals surface area contributed by atoms with E-state index in [0.29, 0.717) is 5.69 Å². The molecule has 21 heavy (non-hydrogen) atoms. The number of Topliss-reactive ketones (excluding diaryl/α,β-unsaturated/α-hetero) is 1. The van der Waals surface area contributed by atoms with Crippen molar-refractivity contribution in [2.75, 3.05) is 5.32 Å². The molecule has 0 aliphatic heterocycles. The minimum Gasteiger partial charge on any atom is -0.378 e. The molecule has 0 aromatic heterocycles. The van der Waals surface area contributed by atoms with Crippen LogP contribution in [0, 0.1) is 11.6 Å². The van der Waals surface area contributed by atoms with Crippen LogP contribution in [-0.4, -0.2) is 5.78 Å². The second-order valence-corrected chi connectivity index (χ2v) is 5.30. The Bertz CT molecular complexity index is 712. The van der Waals surface area contributed by atoms with Gasteiger partial charge in [0.15, 0.2) is 5.78 Å². The Kier molecular flexibility index (Phi) is 3.45. The fourth-order valence-electron chi connectivity index (χ4n) is 2.93. The summed E-state index contributed by atoms with van der Waals surface area (Å²) in [5.74, 6) is -1.08. The molecule has 0 saturated heterocycles. The van der Waals surface area contributed by atoms with Gasteiger partial charge in [-0.3, -0.25) is 4.79 Å². The summed E-state index contributed by atoms with van der Waals surface area (Å²) in [6, 6.07) is 9.24. The first-order valence-electron chi connectivity index (χ1n) is 6.90. The van der Waals surface area contributed by atoms with E-state index in [4.69, 9.17) is 0 Å². The Morgan fingerprint density at radius 1 is 1.24 bits per heavy atom. The van der Waals surface area contributed by atoms with Crippen molar-refractivity contribution in [3.8, 4) is 0 Å². The van der Waals surface area contributed by atoms with Crippen molar-refractivity contribution in [3.05, 3.63) is 64.7 Å². The summed E-state index contributed by atoms with van der Waals surface area (Å²) in [6.07, 6.45) is 1.57. The molecule has 2 aromatic rings. The van der Waals surface area contributed by atoms with Crippen molar-refractivity contribution in [1.29, 1.82) is 0 Å². The number of ketones is 1. The Morgan fingerprint density at radius 2 is 2.05 bits per heavy atom. The quantitative estimate of drug-likeness (QED) is 0.854. The van der Waals surface area contributed by atoms with Crippen LogP contribution >= 0.6 is 0 Å². The number of hydrogen-bond donors (Lipinski definition) is 1. The minimum absolute atomic E-state index is 0.0273. The van der Waals surface area contributed by atoms with Crippen molar-refractivity contribution in [1.82, 2.24) is 0 Å². The molecular formula is C17H15F2NO. The lowest BCUT2D eigenvalue weighted by atomic mass is 10.0. The number of halogens is 2. The van der Waals surface area contributed by atoms with E-state index in [9.17, 15) is 13.6 Å². The molecule has 0 spiro atoms. The van der Waals surface area contributed by atoms with Gasteiger partial charge in [-0.2, -0.15) is 0 Å². The molecule has 0 saturated carbocycles. The third-order valence-corrected chi connectivity index (χ3v) is 3.88. The van der Waals surface area contributed by atoms with Crippen LogP contribution in [0.4, 0.5) is 14.5 Å². The highest BCUT2D eigenvalue weighted by atomic mass is 19.1. The molecule has 1 unspecified atom stereocenters. The largest absolute Gasteiger partial charge is 0.378 e. The second kappa shape index (κ2) is 5.28. The highest BCUT2D eigenvalue weighted by Gasteiger charge is 2.24. The normalized spacial score (nSPS) is 16.6. The van der Waals surface area contributed by atoms with E-state index < -0.39 is 5.82 Å². The Morgan fingerprint density at radius 3 is 2.81 bits per heavy atom. The van der Waals surface area contributed by atoms with Gasteiger partial charge in [0.2, 0.25) is 0 Å². The number of anilines is 1. The van der Waals surface area contributed by atoms with E-state index in [1.807, 2.05) is 0 Å². The maximum Gasteiger partial charge on any atom is 0.164 e. The van der Waals surface area contributed by atoms with Gasteiger partial charge in [-0.1, -0.05) is 12.1 Å². The van der Waals surface area contributed by atoms with Gasteiger partial charge in [-0.05, 0) is 55.2 Å². The molecule has 3 rings (SSSR count). The monoisotopic (exact) mass is 287 g/mol. The summed E-state index contributed by atoms with van der Waals surface area (Å²) in [4.78, 5) is 11.6. The van der Waals surface area contributed by atoms with Gasteiger partial charge in [0, 0.05) is 5.69 Å². The number of benzene rings is 2. The Labute approximate surface area is 121 Å². The topological polar surface area (TPSA) is 29.1 Å². The molecule has 2 aromatic carbocycles. The smallest absolute Gasteiger partial charge is 0.164 e. The molecule has 4 heteroatoms. The molecule has 0 bridgehead atoms. The molecule has 0 fully saturated rings. The second-order valence-electron chi connectivity index (χ2n) is 5.30. The predicted octanol–water partition coefficient (Wildman–Crippen LogP) is 4.27. The van der Waals surface area contributed by atoms with E-state index in [0.717, 1.165) is 24.0 Å². The SMILES string of the molecule is CC(=O)c1c(F)cccc1NC1CCc2cc(F)ccc21. The van der Waals surface area contributed by atoms with Crippen LogP contribution in [0.2, 0.25) is 0 Å². The van der Waals surface area contributed by atoms with E-state index in [-0.39, 0.29) is 23.2 Å². The zero-order valence-electron chi connectivity index (χ0n) is 11.6. The van der Waals surface area contributed by atoms with Crippen LogP contribution < -0.4 is 5.32 Å². The van der Waals surface area contributed by atoms with E-state index in [2.05, 4.69) is 5.32 Å². The standard InChI is InChI=1S/C17H15F2NO/c1-10(21)17-14(19)3-2-4-16(17)20-15-8-5-11-9-12(18)6-7-13(11)15/h2-4,6-7,9,15,20H,5,8H2,1H3. The maximum atomic E-state index is 13.8. The summed E-state index contributed by atoms with van der Waals surface area (Å²) < 4.78 is 27.0. The first-order chi connectivity index (χ1) is 10.1. The number of carbonyl (C=O) groups is 1. The van der Waals surface area contributed by atoms with Crippen molar-refractivity contribution in [3.63, 3.8) is 0 Å². The van der Waals surface area contributed by atoms with Crippen LogP contribution in [0.15, 0.2) is 36.4 Å². The van der Waals surface area contributed by atoms with Crippen LogP contribution in [0.3, 0.4) is 0 Å². The average molecular weight is 287 g/mol. The minimum atomic E-state index is -0.523. The van der Waals surface area contributed by atoms with Gasteiger partial charge < -0.3 is 5.32 Å². The first kappa shape index (κ1) is 13.7. The van der Waals surface area contributed by atoms with Crippen LogP contribution in [0.5, 0.6) is 0 Å². The van der Waals surface area contributed by atoms with Gasteiger partial charge >= 0.3 is 0 Å². The molecule has 1 aliphatic rings. The highest BCUT2D eigenvalue weighted by molar-refractivity contribution is 5.99. The predicted molar refractivity (Wildman–Crippen MR) is 77.5 cm³/mol. The lowest BCUT2D eigenvalue weighted by Gasteiger charge is -2.18. The maximum absolute atomic E-state index is 13.8. The molecule has 0 amide bonds. The number of carbonyl (C=O) groups excluding carboxylic acids is 1. The summed E-state index contributed by atoms with van der Waals surface area (Å²) in [5.41, 5.74) is 2.54. The van der Waals surface area contributed by atoms with Crippen molar-refractivity contribution in [2.24, 2.45) is 0 Å². The summed E-state index contributed by atoms with van der Waals surface area (Å²) in [6.45, 7) is 1.35. The molecule has 1 aliphatic carbocycles. The number of rotatable bonds is 3. The molecule has 0 heterocycles. The summed E-state index contributed by atoms with van der Waals surface area (Å²) >= 11 is 0. The molecular weight excluding hydrogens is 272 g/mol. The molecule has 108 valence electrons. The van der Waals surface area contributed by atoms with Gasteiger partial charge in [-0.25, -0.2) is 8.78 Å². The first-order valence-corrected chi connectivity index (χ1v) is 6.90. The highest BCUT2D eigenvalue weighted by Crippen LogP contribution is 2.35. The van der Waals surface area contributed by atoms with Crippen LogP contribution in [0.25, 0.3) is 0 Å².